The average Bonchev–Trinajstić information content (AvgIpc) is 2.74. The summed E-state index contributed by atoms with van der Waals surface area (Å²) >= 11 is 0. The molecule has 0 unspecified atom stereocenters. The predicted molar refractivity (Wildman–Crippen MR) is 118 cm³/mol. The van der Waals surface area contributed by atoms with Crippen molar-refractivity contribution in [2.24, 2.45) is 11.1 Å². The fourth-order valence-electron chi connectivity index (χ4n) is 3.98. The van der Waals surface area contributed by atoms with Crippen molar-refractivity contribution < 1.29 is 13.2 Å². The first-order valence-electron chi connectivity index (χ1n) is 10.5. The molecular weight excluding hydrogens is 398 g/mol. The van der Waals surface area contributed by atoms with E-state index in [1.54, 1.807) is 12.1 Å². The van der Waals surface area contributed by atoms with Gasteiger partial charge in [0.1, 0.15) is 0 Å². The summed E-state index contributed by atoms with van der Waals surface area (Å²) in [6.45, 7) is 4.37. The van der Waals surface area contributed by atoms with Gasteiger partial charge in [-0.2, -0.15) is 0 Å². The monoisotopic (exact) mass is 429 g/mol. The van der Waals surface area contributed by atoms with Crippen LogP contribution in [-0.4, -0.2) is 44.9 Å². The van der Waals surface area contributed by atoms with Gasteiger partial charge in [-0.05, 0) is 74.9 Å². The molecule has 162 valence electrons. The van der Waals surface area contributed by atoms with Crippen molar-refractivity contribution >= 4 is 15.9 Å². The Morgan fingerprint density at radius 2 is 1.70 bits per heavy atom. The number of nitrogens with two attached hydrogens (primary N) is 1. The molecule has 2 aromatic carbocycles. The molecule has 1 fully saturated rings. The van der Waals surface area contributed by atoms with Gasteiger partial charge >= 0.3 is 0 Å². The number of hydrogen-bond acceptors (Lipinski definition) is 4. The topological polar surface area (TPSA) is 92.5 Å². The van der Waals surface area contributed by atoms with Crippen LogP contribution in [0, 0.1) is 5.92 Å². The smallest absolute Gasteiger partial charge is 0.238 e. The number of rotatable bonds is 8. The van der Waals surface area contributed by atoms with E-state index in [4.69, 9.17) is 5.14 Å². The van der Waals surface area contributed by atoms with Crippen LogP contribution in [0.15, 0.2) is 59.5 Å². The Kier molecular flexibility index (Phi) is 7.64. The lowest BCUT2D eigenvalue weighted by Gasteiger charge is -2.35. The van der Waals surface area contributed by atoms with Crippen LogP contribution in [0.1, 0.15) is 30.9 Å². The molecule has 7 heteroatoms. The standard InChI is InChI=1S/C23H31N3O3S/c1-18(26-15-12-21(13-16-26)17-20-5-3-2-4-6-20)23(27)25-14-11-19-7-9-22(10-8-19)30(24,28)29/h2-10,18,21H,11-17H2,1H3,(H,25,27)(H2,24,28,29)/t18-/m1/s1. The number of carbonyl (C=O) groups is 1. The van der Waals surface area contributed by atoms with Gasteiger partial charge in [0, 0.05) is 6.54 Å². The summed E-state index contributed by atoms with van der Waals surface area (Å²) in [7, 11) is -3.67. The fraction of sp³-hybridized carbons (Fsp3) is 0.435. The van der Waals surface area contributed by atoms with Crippen LogP contribution in [0.5, 0.6) is 0 Å². The second-order valence-electron chi connectivity index (χ2n) is 8.08. The van der Waals surface area contributed by atoms with Crippen LogP contribution in [0.25, 0.3) is 0 Å². The summed E-state index contributed by atoms with van der Waals surface area (Å²) in [6.07, 6.45) is 3.98. The fourth-order valence-corrected chi connectivity index (χ4v) is 4.50. The molecule has 2 aromatic rings. The van der Waals surface area contributed by atoms with Crippen LogP contribution in [0.4, 0.5) is 0 Å². The molecule has 1 aliphatic rings. The molecule has 1 saturated heterocycles. The quantitative estimate of drug-likeness (QED) is 0.674. The van der Waals surface area contributed by atoms with Gasteiger partial charge in [-0.15, -0.1) is 0 Å². The van der Waals surface area contributed by atoms with Crippen molar-refractivity contribution in [2.75, 3.05) is 19.6 Å². The zero-order chi connectivity index (χ0) is 21.6. The van der Waals surface area contributed by atoms with E-state index in [0.29, 0.717) is 18.9 Å². The van der Waals surface area contributed by atoms with Gasteiger partial charge in [0.05, 0.1) is 10.9 Å². The molecule has 0 spiro atoms. The molecule has 0 radical (unpaired) electrons. The molecule has 0 aliphatic carbocycles. The number of sulfonamides is 1. The largest absolute Gasteiger partial charge is 0.354 e. The molecule has 1 amide bonds. The van der Waals surface area contributed by atoms with Crippen molar-refractivity contribution in [2.45, 2.75) is 43.5 Å². The van der Waals surface area contributed by atoms with Gasteiger partial charge in [-0.3, -0.25) is 9.69 Å². The van der Waals surface area contributed by atoms with Crippen molar-refractivity contribution in [3.8, 4) is 0 Å². The van der Waals surface area contributed by atoms with Crippen LogP contribution < -0.4 is 10.5 Å². The second kappa shape index (κ2) is 10.2. The molecule has 1 aliphatic heterocycles. The summed E-state index contributed by atoms with van der Waals surface area (Å²) in [5.74, 6) is 0.719. The van der Waals surface area contributed by atoms with Crippen LogP contribution in [0.3, 0.4) is 0 Å². The van der Waals surface area contributed by atoms with E-state index in [0.717, 1.165) is 37.9 Å². The number of piperidine rings is 1. The maximum absolute atomic E-state index is 12.5. The minimum Gasteiger partial charge on any atom is -0.354 e. The third-order valence-corrected chi connectivity index (χ3v) is 6.84. The van der Waals surface area contributed by atoms with E-state index >= 15 is 0 Å². The molecule has 3 N–H and O–H groups in total. The minimum absolute atomic E-state index is 0.0395. The first-order valence-corrected chi connectivity index (χ1v) is 12.0. The Bertz CT molecular complexity index is 922. The van der Waals surface area contributed by atoms with Crippen LogP contribution in [0.2, 0.25) is 0 Å². The normalized spacial score (nSPS) is 16.9. The van der Waals surface area contributed by atoms with E-state index in [9.17, 15) is 13.2 Å². The van der Waals surface area contributed by atoms with Gasteiger partial charge in [-0.25, -0.2) is 13.6 Å². The Labute approximate surface area is 179 Å². The maximum Gasteiger partial charge on any atom is 0.238 e. The number of amides is 1. The summed E-state index contributed by atoms with van der Waals surface area (Å²) in [5.41, 5.74) is 2.34. The Morgan fingerprint density at radius 1 is 1.07 bits per heavy atom. The minimum atomic E-state index is -3.67. The third-order valence-electron chi connectivity index (χ3n) is 5.91. The molecule has 3 rings (SSSR count). The highest BCUT2D eigenvalue weighted by Gasteiger charge is 2.26. The van der Waals surface area contributed by atoms with Gasteiger partial charge in [-0.1, -0.05) is 42.5 Å². The highest BCUT2D eigenvalue weighted by atomic mass is 32.2. The highest BCUT2D eigenvalue weighted by molar-refractivity contribution is 7.89. The second-order valence-corrected chi connectivity index (χ2v) is 9.64. The maximum atomic E-state index is 12.5. The lowest BCUT2D eigenvalue weighted by atomic mass is 9.89. The van der Waals surface area contributed by atoms with Crippen molar-refractivity contribution in [1.29, 1.82) is 0 Å². The molecule has 0 saturated carbocycles. The van der Waals surface area contributed by atoms with Crippen molar-refractivity contribution in [3.63, 3.8) is 0 Å². The first kappa shape index (κ1) is 22.5. The number of carbonyl (C=O) groups excluding carboxylic acids is 1. The van der Waals surface area contributed by atoms with E-state index < -0.39 is 10.0 Å². The average molecular weight is 430 g/mol. The number of benzene rings is 2. The zero-order valence-corrected chi connectivity index (χ0v) is 18.3. The molecule has 0 bridgehead atoms. The van der Waals surface area contributed by atoms with E-state index in [1.165, 1.54) is 17.7 Å². The van der Waals surface area contributed by atoms with E-state index in [-0.39, 0.29) is 16.8 Å². The zero-order valence-electron chi connectivity index (χ0n) is 17.5. The lowest BCUT2D eigenvalue weighted by molar-refractivity contribution is -0.126. The summed E-state index contributed by atoms with van der Waals surface area (Å²) in [6, 6.07) is 16.9. The molecular formula is C23H31N3O3S. The molecule has 0 aromatic heterocycles. The lowest BCUT2D eigenvalue weighted by Crippen LogP contribution is -2.48. The Hall–Kier alpha value is -2.22. The van der Waals surface area contributed by atoms with E-state index in [1.807, 2.05) is 13.0 Å². The number of primary sulfonamides is 1. The number of hydrogen-bond donors (Lipinski definition) is 2. The molecule has 30 heavy (non-hydrogen) atoms. The Morgan fingerprint density at radius 3 is 2.30 bits per heavy atom. The summed E-state index contributed by atoms with van der Waals surface area (Å²) in [4.78, 5) is 14.9. The van der Waals surface area contributed by atoms with Crippen LogP contribution in [-0.2, 0) is 27.7 Å². The third kappa shape index (κ3) is 6.39. The number of nitrogens with zero attached hydrogens (tertiary/aromatic N) is 1. The van der Waals surface area contributed by atoms with Crippen molar-refractivity contribution in [3.05, 3.63) is 65.7 Å². The van der Waals surface area contributed by atoms with E-state index in [2.05, 4.69) is 34.5 Å². The molecule has 1 heterocycles. The molecule has 1 atom stereocenters. The van der Waals surface area contributed by atoms with Crippen molar-refractivity contribution in [1.82, 2.24) is 10.2 Å². The summed E-state index contributed by atoms with van der Waals surface area (Å²) in [5, 5.41) is 8.11. The number of nitrogens with one attached hydrogen (secondary N) is 1. The van der Waals surface area contributed by atoms with Gasteiger partial charge in [0.2, 0.25) is 15.9 Å². The Balaban J connectivity index is 1.39. The SMILES string of the molecule is C[C@H](C(=O)NCCc1ccc(S(N)(=O)=O)cc1)N1CCC(Cc2ccccc2)CC1. The highest BCUT2D eigenvalue weighted by Crippen LogP contribution is 2.23. The van der Waals surface area contributed by atoms with Gasteiger partial charge in [0.25, 0.3) is 0 Å². The first-order chi connectivity index (χ1) is 14.3. The molecule has 6 nitrogen and oxygen atoms in total. The van der Waals surface area contributed by atoms with Gasteiger partial charge < -0.3 is 5.32 Å². The number of likely N-dealkylation sites (tertiary alicyclic amines) is 1. The summed E-state index contributed by atoms with van der Waals surface area (Å²) < 4.78 is 22.6. The van der Waals surface area contributed by atoms with Crippen LogP contribution >= 0.6 is 0 Å². The predicted octanol–water partition coefficient (Wildman–Crippen LogP) is 2.34. The van der Waals surface area contributed by atoms with Gasteiger partial charge in [0.15, 0.2) is 0 Å².